The van der Waals surface area contributed by atoms with Crippen molar-refractivity contribution in [2.24, 2.45) is 0 Å². The highest BCUT2D eigenvalue weighted by molar-refractivity contribution is 7.14. The number of rotatable bonds is 3. The van der Waals surface area contributed by atoms with Gasteiger partial charge in [0.15, 0.2) is 0 Å². The third-order valence-corrected chi connectivity index (χ3v) is 3.15. The lowest BCUT2D eigenvalue weighted by atomic mass is 10.3. The van der Waals surface area contributed by atoms with E-state index < -0.39 is 0 Å². The molecule has 0 aliphatic rings. The van der Waals surface area contributed by atoms with E-state index in [0.717, 1.165) is 11.4 Å². The number of anilines is 2. The van der Waals surface area contributed by atoms with Gasteiger partial charge in [0.05, 0.1) is 10.7 Å². The van der Waals surface area contributed by atoms with E-state index in [2.05, 4.69) is 0 Å². The van der Waals surface area contributed by atoms with Gasteiger partial charge >= 0.3 is 0 Å². The summed E-state index contributed by atoms with van der Waals surface area (Å²) in [7, 11) is 0. The molecular weight excluding hydrogens is 230 g/mol. The maximum Gasteiger partial charge on any atom is 0.219 e. The van der Waals surface area contributed by atoms with Crippen LogP contribution in [0.15, 0.2) is 41.8 Å². The standard InChI is InChI=1S/C11H8ClNOS/c12-9-4-1-2-5-10(9)13(8-14)11-6-3-7-15-11/h1-8H. The SMILES string of the molecule is O=CN(c1cccs1)c1ccccc1Cl. The third-order valence-electron chi connectivity index (χ3n) is 1.96. The van der Waals surface area contributed by atoms with Crippen LogP contribution in [0.2, 0.25) is 5.02 Å². The third kappa shape index (κ3) is 2.03. The lowest BCUT2D eigenvalue weighted by Crippen LogP contribution is -2.12. The van der Waals surface area contributed by atoms with Crippen LogP contribution < -0.4 is 4.90 Å². The Kier molecular flexibility index (Phi) is 3.04. The molecule has 15 heavy (non-hydrogen) atoms. The molecule has 2 nitrogen and oxygen atoms in total. The van der Waals surface area contributed by atoms with Crippen LogP contribution in [0.3, 0.4) is 0 Å². The van der Waals surface area contributed by atoms with Crippen LogP contribution >= 0.6 is 22.9 Å². The summed E-state index contributed by atoms with van der Waals surface area (Å²) >= 11 is 7.51. The Labute approximate surface area is 96.7 Å². The van der Waals surface area contributed by atoms with Gasteiger partial charge in [0.2, 0.25) is 6.41 Å². The largest absolute Gasteiger partial charge is 0.278 e. The Hall–Kier alpha value is -1.32. The second kappa shape index (κ2) is 4.47. The number of nitrogens with zero attached hydrogens (tertiary/aromatic N) is 1. The first-order valence-electron chi connectivity index (χ1n) is 4.35. The molecule has 0 radical (unpaired) electrons. The van der Waals surface area contributed by atoms with Crippen molar-refractivity contribution in [1.82, 2.24) is 0 Å². The fraction of sp³-hybridized carbons (Fsp3) is 0. The minimum absolute atomic E-state index is 0.568. The van der Waals surface area contributed by atoms with Gasteiger partial charge in [-0.2, -0.15) is 0 Å². The summed E-state index contributed by atoms with van der Waals surface area (Å²) in [5, 5.41) is 3.35. The number of carbonyl (C=O) groups excluding carboxylic acids is 1. The van der Waals surface area contributed by atoms with Crippen molar-refractivity contribution in [1.29, 1.82) is 0 Å². The van der Waals surface area contributed by atoms with Crippen LogP contribution in [0.4, 0.5) is 10.7 Å². The van der Waals surface area contributed by atoms with E-state index in [1.807, 2.05) is 35.7 Å². The number of para-hydroxylation sites is 1. The van der Waals surface area contributed by atoms with Gasteiger partial charge in [0.25, 0.3) is 0 Å². The summed E-state index contributed by atoms with van der Waals surface area (Å²) in [6.07, 6.45) is 0.771. The molecule has 0 atom stereocenters. The zero-order valence-electron chi connectivity index (χ0n) is 7.76. The Morgan fingerprint density at radius 2 is 2.00 bits per heavy atom. The number of amides is 1. The molecule has 2 rings (SSSR count). The molecule has 4 heteroatoms. The van der Waals surface area contributed by atoms with Crippen molar-refractivity contribution >= 4 is 40.0 Å². The molecule has 0 bridgehead atoms. The van der Waals surface area contributed by atoms with Crippen LogP contribution in [-0.4, -0.2) is 6.41 Å². The summed E-state index contributed by atoms with van der Waals surface area (Å²) in [6.45, 7) is 0. The Balaban J connectivity index is 2.44. The van der Waals surface area contributed by atoms with Crippen LogP contribution in [0.5, 0.6) is 0 Å². The average molecular weight is 238 g/mol. The van der Waals surface area contributed by atoms with Gasteiger partial charge in [-0.1, -0.05) is 23.7 Å². The maximum atomic E-state index is 11.0. The number of thiophene rings is 1. The molecule has 0 saturated carbocycles. The quantitative estimate of drug-likeness (QED) is 0.746. The van der Waals surface area contributed by atoms with Crippen molar-refractivity contribution in [2.45, 2.75) is 0 Å². The smallest absolute Gasteiger partial charge is 0.219 e. The molecule has 0 aliphatic carbocycles. The van der Waals surface area contributed by atoms with Crippen molar-refractivity contribution in [3.63, 3.8) is 0 Å². The van der Waals surface area contributed by atoms with Crippen molar-refractivity contribution in [3.05, 3.63) is 46.8 Å². The minimum Gasteiger partial charge on any atom is -0.278 e. The topological polar surface area (TPSA) is 20.3 Å². The second-order valence-electron chi connectivity index (χ2n) is 2.88. The number of carbonyl (C=O) groups is 1. The molecule has 1 heterocycles. The second-order valence-corrected chi connectivity index (χ2v) is 4.21. The lowest BCUT2D eigenvalue weighted by molar-refractivity contribution is -0.106. The van der Waals surface area contributed by atoms with Gasteiger partial charge in [0.1, 0.15) is 5.00 Å². The molecule has 1 aromatic carbocycles. The first kappa shape index (κ1) is 10.2. The zero-order chi connectivity index (χ0) is 10.7. The van der Waals surface area contributed by atoms with E-state index in [9.17, 15) is 4.79 Å². The first-order chi connectivity index (χ1) is 7.33. The highest BCUT2D eigenvalue weighted by Gasteiger charge is 2.11. The number of hydrogen-bond donors (Lipinski definition) is 0. The number of halogens is 1. The zero-order valence-corrected chi connectivity index (χ0v) is 9.33. The predicted molar refractivity (Wildman–Crippen MR) is 64.0 cm³/mol. The van der Waals surface area contributed by atoms with Gasteiger partial charge < -0.3 is 0 Å². The minimum atomic E-state index is 0.568. The fourth-order valence-electron chi connectivity index (χ4n) is 1.28. The van der Waals surface area contributed by atoms with Gasteiger partial charge in [-0.25, -0.2) is 0 Å². The summed E-state index contributed by atoms with van der Waals surface area (Å²) in [5.41, 5.74) is 0.705. The monoisotopic (exact) mass is 237 g/mol. The normalized spacial score (nSPS) is 9.93. The molecule has 76 valence electrons. The van der Waals surface area contributed by atoms with Gasteiger partial charge in [0, 0.05) is 0 Å². The summed E-state index contributed by atoms with van der Waals surface area (Å²) in [5.74, 6) is 0. The van der Waals surface area contributed by atoms with Crippen LogP contribution in [0, 0.1) is 0 Å². The predicted octanol–water partition coefficient (Wildman–Crippen LogP) is 3.70. The van der Waals surface area contributed by atoms with E-state index in [4.69, 9.17) is 11.6 Å². The van der Waals surface area contributed by atoms with Crippen LogP contribution in [0.25, 0.3) is 0 Å². The Morgan fingerprint density at radius 1 is 1.20 bits per heavy atom. The molecule has 0 fully saturated rings. The summed E-state index contributed by atoms with van der Waals surface area (Å²) < 4.78 is 0. The average Bonchev–Trinajstić information content (AvgIpc) is 2.75. The van der Waals surface area contributed by atoms with E-state index in [1.54, 1.807) is 6.07 Å². The number of benzene rings is 1. The fourth-order valence-corrected chi connectivity index (χ4v) is 2.22. The van der Waals surface area contributed by atoms with Gasteiger partial charge in [-0.05, 0) is 29.6 Å². The summed E-state index contributed by atoms with van der Waals surface area (Å²) in [6, 6.07) is 11.0. The maximum absolute atomic E-state index is 11.0. The highest BCUT2D eigenvalue weighted by atomic mass is 35.5. The molecule has 2 aromatic rings. The molecule has 0 aliphatic heterocycles. The Morgan fingerprint density at radius 3 is 2.60 bits per heavy atom. The van der Waals surface area contributed by atoms with Crippen LogP contribution in [0.1, 0.15) is 0 Å². The van der Waals surface area contributed by atoms with E-state index in [0.29, 0.717) is 10.7 Å². The van der Waals surface area contributed by atoms with Gasteiger partial charge in [-0.15, -0.1) is 11.3 Å². The molecule has 1 amide bonds. The summed E-state index contributed by atoms with van der Waals surface area (Å²) in [4.78, 5) is 12.6. The molecular formula is C11H8ClNOS. The van der Waals surface area contributed by atoms with Crippen molar-refractivity contribution < 1.29 is 4.79 Å². The Bertz CT molecular complexity index is 455. The van der Waals surface area contributed by atoms with E-state index >= 15 is 0 Å². The molecule has 1 aromatic heterocycles. The molecule has 0 N–H and O–H groups in total. The first-order valence-corrected chi connectivity index (χ1v) is 5.61. The van der Waals surface area contributed by atoms with Crippen molar-refractivity contribution in [2.75, 3.05) is 4.90 Å². The molecule has 0 unspecified atom stereocenters. The van der Waals surface area contributed by atoms with Crippen molar-refractivity contribution in [3.8, 4) is 0 Å². The van der Waals surface area contributed by atoms with Crippen LogP contribution in [-0.2, 0) is 4.79 Å². The van der Waals surface area contributed by atoms with E-state index in [-0.39, 0.29) is 0 Å². The van der Waals surface area contributed by atoms with Gasteiger partial charge in [-0.3, -0.25) is 9.69 Å². The highest BCUT2D eigenvalue weighted by Crippen LogP contribution is 2.32. The molecule has 0 spiro atoms. The number of hydrogen-bond acceptors (Lipinski definition) is 2. The molecule has 0 saturated heterocycles. The van der Waals surface area contributed by atoms with E-state index in [1.165, 1.54) is 16.2 Å². The lowest BCUT2D eigenvalue weighted by Gasteiger charge is -2.16.